The highest BCUT2D eigenvalue weighted by molar-refractivity contribution is 5.20. The molecule has 2 heterocycles. The molecule has 0 amide bonds. The molecule has 4 heteroatoms. The Balaban J connectivity index is 2.18. The molecule has 0 spiro atoms. The fourth-order valence-electron chi connectivity index (χ4n) is 2.08. The van der Waals surface area contributed by atoms with Crippen molar-refractivity contribution >= 4 is 0 Å². The number of pyridine rings is 1. The van der Waals surface area contributed by atoms with E-state index >= 15 is 0 Å². The standard InChI is InChI=1S/C11H17N3O/c1-8-6-9(2-4-13-8)11(14-12)10-3-5-15-7-10/h2,4,6,10-11,14H,3,5,7,12H2,1H3. The summed E-state index contributed by atoms with van der Waals surface area (Å²) >= 11 is 0. The molecule has 1 aromatic heterocycles. The molecule has 3 N–H and O–H groups in total. The van der Waals surface area contributed by atoms with E-state index in [2.05, 4.69) is 16.5 Å². The van der Waals surface area contributed by atoms with Crippen molar-refractivity contribution in [2.45, 2.75) is 19.4 Å². The zero-order valence-corrected chi connectivity index (χ0v) is 8.94. The van der Waals surface area contributed by atoms with Gasteiger partial charge in [0.1, 0.15) is 0 Å². The first-order chi connectivity index (χ1) is 7.31. The van der Waals surface area contributed by atoms with E-state index in [4.69, 9.17) is 10.6 Å². The largest absolute Gasteiger partial charge is 0.381 e. The summed E-state index contributed by atoms with van der Waals surface area (Å²) in [5, 5.41) is 0. The predicted molar refractivity (Wildman–Crippen MR) is 58.0 cm³/mol. The summed E-state index contributed by atoms with van der Waals surface area (Å²) < 4.78 is 5.38. The third-order valence-electron chi connectivity index (χ3n) is 2.90. The molecular formula is C11H17N3O. The van der Waals surface area contributed by atoms with Crippen LogP contribution in [0.1, 0.15) is 23.7 Å². The van der Waals surface area contributed by atoms with Gasteiger partial charge in [-0.1, -0.05) is 0 Å². The highest BCUT2D eigenvalue weighted by Crippen LogP contribution is 2.27. The molecule has 1 aliphatic heterocycles. The second-order valence-corrected chi connectivity index (χ2v) is 4.00. The maximum absolute atomic E-state index is 5.61. The van der Waals surface area contributed by atoms with E-state index in [0.717, 1.165) is 25.3 Å². The van der Waals surface area contributed by atoms with E-state index in [-0.39, 0.29) is 6.04 Å². The Morgan fingerprint density at radius 2 is 2.53 bits per heavy atom. The molecule has 0 aliphatic carbocycles. The zero-order chi connectivity index (χ0) is 10.7. The third-order valence-corrected chi connectivity index (χ3v) is 2.90. The summed E-state index contributed by atoms with van der Waals surface area (Å²) in [7, 11) is 0. The maximum atomic E-state index is 5.61. The van der Waals surface area contributed by atoms with Crippen LogP contribution in [0.2, 0.25) is 0 Å². The van der Waals surface area contributed by atoms with Crippen molar-refractivity contribution in [2.24, 2.45) is 11.8 Å². The van der Waals surface area contributed by atoms with E-state index in [1.54, 1.807) is 0 Å². The number of nitrogens with one attached hydrogen (secondary N) is 1. The lowest BCUT2D eigenvalue weighted by molar-refractivity contribution is 0.177. The van der Waals surface area contributed by atoms with Crippen molar-refractivity contribution in [1.82, 2.24) is 10.4 Å². The quantitative estimate of drug-likeness (QED) is 0.572. The third kappa shape index (κ3) is 2.34. The van der Waals surface area contributed by atoms with Crippen LogP contribution in [0.15, 0.2) is 18.3 Å². The van der Waals surface area contributed by atoms with Crippen molar-refractivity contribution in [3.05, 3.63) is 29.6 Å². The summed E-state index contributed by atoms with van der Waals surface area (Å²) in [5.41, 5.74) is 5.09. The van der Waals surface area contributed by atoms with Crippen LogP contribution in [0.3, 0.4) is 0 Å². The van der Waals surface area contributed by atoms with Crippen molar-refractivity contribution in [1.29, 1.82) is 0 Å². The van der Waals surface area contributed by atoms with Gasteiger partial charge >= 0.3 is 0 Å². The number of aromatic nitrogens is 1. The van der Waals surface area contributed by atoms with E-state index in [1.807, 2.05) is 19.2 Å². The van der Waals surface area contributed by atoms with E-state index < -0.39 is 0 Å². The molecule has 1 aromatic rings. The lowest BCUT2D eigenvalue weighted by Crippen LogP contribution is -2.33. The van der Waals surface area contributed by atoms with Gasteiger partial charge in [0.15, 0.2) is 0 Å². The molecule has 0 saturated carbocycles. The van der Waals surface area contributed by atoms with Gasteiger partial charge in [-0.15, -0.1) is 0 Å². The van der Waals surface area contributed by atoms with Crippen molar-refractivity contribution in [2.75, 3.05) is 13.2 Å². The molecular weight excluding hydrogens is 190 g/mol. The first-order valence-corrected chi connectivity index (χ1v) is 5.27. The van der Waals surface area contributed by atoms with Gasteiger partial charge in [0.25, 0.3) is 0 Å². The van der Waals surface area contributed by atoms with Crippen molar-refractivity contribution in [3.8, 4) is 0 Å². The van der Waals surface area contributed by atoms with Crippen molar-refractivity contribution in [3.63, 3.8) is 0 Å². The molecule has 1 aliphatic rings. The summed E-state index contributed by atoms with van der Waals surface area (Å²) in [6.07, 6.45) is 2.89. The number of ether oxygens (including phenoxy) is 1. The van der Waals surface area contributed by atoms with Crippen LogP contribution < -0.4 is 11.3 Å². The monoisotopic (exact) mass is 207 g/mol. The van der Waals surface area contributed by atoms with Gasteiger partial charge in [0.2, 0.25) is 0 Å². The van der Waals surface area contributed by atoms with E-state index in [0.29, 0.717) is 5.92 Å². The molecule has 1 saturated heterocycles. The SMILES string of the molecule is Cc1cc(C(NN)C2CCOC2)ccn1. The van der Waals surface area contributed by atoms with Gasteiger partial charge in [-0.2, -0.15) is 0 Å². The molecule has 0 aromatic carbocycles. The molecule has 1 fully saturated rings. The second kappa shape index (κ2) is 4.70. The Hall–Kier alpha value is -0.970. The normalized spacial score (nSPS) is 22.9. The van der Waals surface area contributed by atoms with Crippen LogP contribution in [0.4, 0.5) is 0 Å². The van der Waals surface area contributed by atoms with Crippen LogP contribution in [0.5, 0.6) is 0 Å². The maximum Gasteiger partial charge on any atom is 0.0513 e. The summed E-state index contributed by atoms with van der Waals surface area (Å²) in [6, 6.07) is 4.26. The van der Waals surface area contributed by atoms with Gasteiger partial charge in [0.05, 0.1) is 12.6 Å². The minimum atomic E-state index is 0.175. The van der Waals surface area contributed by atoms with Crippen LogP contribution >= 0.6 is 0 Å². The Kier molecular flexibility index (Phi) is 3.30. The molecule has 4 nitrogen and oxygen atoms in total. The minimum Gasteiger partial charge on any atom is -0.381 e. The second-order valence-electron chi connectivity index (χ2n) is 4.00. The Labute approximate surface area is 89.8 Å². The van der Waals surface area contributed by atoms with E-state index in [9.17, 15) is 0 Å². The summed E-state index contributed by atoms with van der Waals surface area (Å²) in [5.74, 6) is 6.08. The zero-order valence-electron chi connectivity index (χ0n) is 8.94. The Morgan fingerprint density at radius 3 is 3.13 bits per heavy atom. The number of hydrogen-bond donors (Lipinski definition) is 2. The smallest absolute Gasteiger partial charge is 0.0513 e. The van der Waals surface area contributed by atoms with Gasteiger partial charge in [0, 0.05) is 24.4 Å². The first-order valence-electron chi connectivity index (χ1n) is 5.27. The average molecular weight is 207 g/mol. The lowest BCUT2D eigenvalue weighted by atomic mass is 9.93. The number of aryl methyl sites for hydroxylation is 1. The topological polar surface area (TPSA) is 60.2 Å². The number of hydrogen-bond acceptors (Lipinski definition) is 4. The fourth-order valence-corrected chi connectivity index (χ4v) is 2.08. The van der Waals surface area contributed by atoms with Crippen LogP contribution in [0, 0.1) is 12.8 Å². The van der Waals surface area contributed by atoms with E-state index in [1.165, 1.54) is 5.56 Å². The van der Waals surface area contributed by atoms with Gasteiger partial charge in [-0.25, -0.2) is 0 Å². The molecule has 2 rings (SSSR count). The summed E-state index contributed by atoms with van der Waals surface area (Å²) in [6.45, 7) is 3.62. The first kappa shape index (κ1) is 10.5. The number of rotatable bonds is 3. The van der Waals surface area contributed by atoms with Crippen LogP contribution in [-0.2, 0) is 4.74 Å². The molecule has 15 heavy (non-hydrogen) atoms. The van der Waals surface area contributed by atoms with Crippen LogP contribution in [-0.4, -0.2) is 18.2 Å². The fraction of sp³-hybridized carbons (Fsp3) is 0.545. The predicted octanol–water partition coefficient (Wildman–Crippen LogP) is 0.931. The molecule has 0 radical (unpaired) electrons. The number of hydrazine groups is 1. The van der Waals surface area contributed by atoms with Gasteiger partial charge in [-0.05, 0) is 31.0 Å². The lowest BCUT2D eigenvalue weighted by Gasteiger charge is -2.21. The highest BCUT2D eigenvalue weighted by Gasteiger charge is 2.26. The summed E-state index contributed by atoms with van der Waals surface area (Å²) in [4.78, 5) is 4.18. The molecule has 82 valence electrons. The van der Waals surface area contributed by atoms with Crippen LogP contribution in [0.25, 0.3) is 0 Å². The average Bonchev–Trinajstić information content (AvgIpc) is 2.72. The molecule has 2 atom stereocenters. The highest BCUT2D eigenvalue weighted by atomic mass is 16.5. The minimum absolute atomic E-state index is 0.175. The molecule has 0 bridgehead atoms. The molecule has 2 unspecified atom stereocenters. The number of nitrogens with zero attached hydrogens (tertiary/aromatic N) is 1. The van der Waals surface area contributed by atoms with Gasteiger partial charge < -0.3 is 4.74 Å². The van der Waals surface area contributed by atoms with Gasteiger partial charge in [-0.3, -0.25) is 16.3 Å². The Bertz CT molecular complexity index is 323. The number of nitrogens with two attached hydrogens (primary N) is 1. The Morgan fingerprint density at radius 1 is 1.67 bits per heavy atom. The van der Waals surface area contributed by atoms with Crippen molar-refractivity contribution < 1.29 is 4.74 Å².